The number of carbonyl (C=O) groups is 1. The number of benzene rings is 1. The second-order valence-electron chi connectivity index (χ2n) is 4.26. The molecule has 10 nitrogen and oxygen atoms in total. The Morgan fingerprint density at radius 1 is 1.30 bits per heavy atom. The van der Waals surface area contributed by atoms with Crippen LogP contribution in [0.25, 0.3) is 0 Å². The molecule has 23 heavy (non-hydrogen) atoms. The van der Waals surface area contributed by atoms with Crippen molar-refractivity contribution in [2.75, 3.05) is 5.32 Å². The van der Waals surface area contributed by atoms with Gasteiger partial charge in [0.1, 0.15) is 11.5 Å². The molecule has 0 atom stereocenters. The van der Waals surface area contributed by atoms with E-state index in [0.29, 0.717) is 16.9 Å². The van der Waals surface area contributed by atoms with Crippen LogP contribution in [0.5, 0.6) is 5.75 Å². The van der Waals surface area contributed by atoms with E-state index >= 15 is 0 Å². The summed E-state index contributed by atoms with van der Waals surface area (Å²) in [4.78, 5) is 12.0. The molecule has 5 N–H and O–H groups in total. The maximum atomic E-state index is 12.0. The number of anilines is 1. The van der Waals surface area contributed by atoms with Crippen molar-refractivity contribution < 1.29 is 23.5 Å². The molecule has 1 aromatic carbocycles. The van der Waals surface area contributed by atoms with Crippen LogP contribution in [0.3, 0.4) is 0 Å². The highest BCUT2D eigenvalue weighted by molar-refractivity contribution is 7.91. The number of sulfonamides is 1. The Labute approximate surface area is 134 Å². The van der Waals surface area contributed by atoms with E-state index in [1.807, 2.05) is 0 Å². The van der Waals surface area contributed by atoms with Crippen LogP contribution in [-0.2, 0) is 21.2 Å². The fourth-order valence-electron chi connectivity index (χ4n) is 1.51. The minimum Gasteiger partial charge on any atom is -0.508 e. The summed E-state index contributed by atoms with van der Waals surface area (Å²) in [6.07, 6.45) is -0.0105. The third kappa shape index (κ3) is 4.45. The molecule has 0 aliphatic heterocycles. The zero-order valence-electron chi connectivity index (χ0n) is 11.4. The van der Waals surface area contributed by atoms with E-state index in [4.69, 9.17) is 10.3 Å². The number of aromatic nitrogens is 2. The molecule has 1 heterocycles. The summed E-state index contributed by atoms with van der Waals surface area (Å²) in [5, 5.41) is 34.9. The lowest BCUT2D eigenvalue weighted by Gasteiger charge is -2.04. The van der Waals surface area contributed by atoms with E-state index in [9.17, 15) is 18.3 Å². The van der Waals surface area contributed by atoms with Gasteiger partial charge in [-0.25, -0.2) is 13.6 Å². The van der Waals surface area contributed by atoms with E-state index in [-0.39, 0.29) is 23.0 Å². The predicted molar refractivity (Wildman–Crippen MR) is 80.9 cm³/mol. The number of primary sulfonamides is 1. The Morgan fingerprint density at radius 2 is 1.96 bits per heavy atom. The molecule has 0 saturated carbocycles. The van der Waals surface area contributed by atoms with Crippen LogP contribution in [0.4, 0.5) is 5.13 Å². The third-order valence-electron chi connectivity index (χ3n) is 2.56. The second kappa shape index (κ2) is 6.68. The topological polar surface area (TPSA) is 168 Å². The summed E-state index contributed by atoms with van der Waals surface area (Å²) in [7, 11) is -4.01. The molecule has 122 valence electrons. The largest absolute Gasteiger partial charge is 0.508 e. The van der Waals surface area contributed by atoms with Crippen molar-refractivity contribution in [1.82, 2.24) is 10.2 Å². The van der Waals surface area contributed by atoms with Gasteiger partial charge in [-0.05, 0) is 17.7 Å². The Balaban J connectivity index is 2.08. The molecule has 1 amide bonds. The number of carbonyl (C=O) groups excluding carboxylic acids is 1. The SMILES string of the molecule is NS(=O)(=O)c1nnc(NC(=O)/C(Cc2ccc(O)cc2)=N/O)s1. The Kier molecular flexibility index (Phi) is 4.88. The number of phenolic OH excluding ortho intramolecular Hbond substituents is 1. The number of nitrogens with two attached hydrogens (primary N) is 1. The average Bonchev–Trinajstić information content (AvgIpc) is 2.95. The normalized spacial score (nSPS) is 12.1. The van der Waals surface area contributed by atoms with Crippen molar-refractivity contribution in [2.24, 2.45) is 10.3 Å². The maximum Gasteiger partial charge on any atom is 0.275 e. The Hall–Kier alpha value is -2.57. The molecule has 0 aliphatic rings. The van der Waals surface area contributed by atoms with Gasteiger partial charge in [-0.2, -0.15) is 0 Å². The summed E-state index contributed by atoms with van der Waals surface area (Å²) < 4.78 is 21.7. The fourth-order valence-corrected chi connectivity index (χ4v) is 2.84. The number of aromatic hydroxyl groups is 1. The van der Waals surface area contributed by atoms with Crippen LogP contribution < -0.4 is 10.5 Å². The molecule has 0 spiro atoms. The van der Waals surface area contributed by atoms with Crippen molar-refractivity contribution in [1.29, 1.82) is 0 Å². The molecular formula is C11H11N5O5S2. The minimum atomic E-state index is -4.01. The molecular weight excluding hydrogens is 346 g/mol. The van der Waals surface area contributed by atoms with E-state index < -0.39 is 20.3 Å². The van der Waals surface area contributed by atoms with Gasteiger partial charge in [0, 0.05) is 6.42 Å². The zero-order chi connectivity index (χ0) is 17.0. The van der Waals surface area contributed by atoms with Gasteiger partial charge in [-0.3, -0.25) is 10.1 Å². The second-order valence-corrected chi connectivity index (χ2v) is 6.97. The number of rotatable bonds is 5. The first-order chi connectivity index (χ1) is 10.8. The van der Waals surface area contributed by atoms with E-state index in [2.05, 4.69) is 20.7 Å². The lowest BCUT2D eigenvalue weighted by Crippen LogP contribution is -2.24. The molecule has 0 bridgehead atoms. The summed E-state index contributed by atoms with van der Waals surface area (Å²) >= 11 is 0.567. The minimum absolute atomic E-state index is 0.0105. The lowest BCUT2D eigenvalue weighted by atomic mass is 10.1. The van der Waals surface area contributed by atoms with Gasteiger partial charge in [0.15, 0.2) is 0 Å². The van der Waals surface area contributed by atoms with Crippen LogP contribution in [0.1, 0.15) is 5.56 Å². The van der Waals surface area contributed by atoms with Gasteiger partial charge in [0.2, 0.25) is 9.47 Å². The highest BCUT2D eigenvalue weighted by atomic mass is 32.2. The van der Waals surface area contributed by atoms with Gasteiger partial charge in [-0.1, -0.05) is 28.6 Å². The van der Waals surface area contributed by atoms with Crippen LogP contribution in [0, 0.1) is 0 Å². The number of hydrogen-bond acceptors (Lipinski definition) is 9. The number of phenols is 1. The van der Waals surface area contributed by atoms with Gasteiger partial charge in [-0.15, -0.1) is 10.2 Å². The van der Waals surface area contributed by atoms with E-state index in [1.54, 1.807) is 12.1 Å². The third-order valence-corrected chi connectivity index (χ3v) is 4.71. The molecule has 2 aromatic rings. The van der Waals surface area contributed by atoms with Gasteiger partial charge < -0.3 is 10.3 Å². The Morgan fingerprint density at radius 3 is 2.48 bits per heavy atom. The van der Waals surface area contributed by atoms with Crippen molar-refractivity contribution in [3.8, 4) is 5.75 Å². The first kappa shape index (κ1) is 16.8. The molecule has 0 fully saturated rings. The van der Waals surface area contributed by atoms with Crippen LogP contribution >= 0.6 is 11.3 Å². The van der Waals surface area contributed by atoms with Crippen molar-refractivity contribution in [2.45, 2.75) is 10.8 Å². The number of amides is 1. The molecule has 0 saturated heterocycles. The molecule has 0 aliphatic carbocycles. The molecule has 12 heteroatoms. The Bertz CT molecular complexity index is 844. The zero-order valence-corrected chi connectivity index (χ0v) is 13.0. The number of hydrogen-bond donors (Lipinski definition) is 4. The van der Waals surface area contributed by atoms with Gasteiger partial charge >= 0.3 is 0 Å². The fraction of sp³-hybridized carbons (Fsp3) is 0.0909. The smallest absolute Gasteiger partial charge is 0.275 e. The maximum absolute atomic E-state index is 12.0. The number of nitrogens with one attached hydrogen (secondary N) is 1. The summed E-state index contributed by atoms with van der Waals surface area (Å²) in [5.41, 5.74) is 0.385. The van der Waals surface area contributed by atoms with Crippen LogP contribution in [-0.4, -0.2) is 40.5 Å². The molecule has 2 rings (SSSR count). The highest BCUT2D eigenvalue weighted by Gasteiger charge is 2.19. The van der Waals surface area contributed by atoms with Gasteiger partial charge in [0.25, 0.3) is 15.9 Å². The monoisotopic (exact) mass is 357 g/mol. The average molecular weight is 357 g/mol. The molecule has 0 radical (unpaired) electrons. The van der Waals surface area contributed by atoms with Crippen LogP contribution in [0.15, 0.2) is 33.8 Å². The molecule has 0 unspecified atom stereocenters. The summed E-state index contributed by atoms with van der Waals surface area (Å²) in [6, 6.07) is 5.95. The van der Waals surface area contributed by atoms with Crippen molar-refractivity contribution in [3.05, 3.63) is 29.8 Å². The summed E-state index contributed by atoms with van der Waals surface area (Å²) in [5.74, 6) is -0.720. The number of oxime groups is 1. The number of nitrogens with zero attached hydrogens (tertiary/aromatic N) is 3. The highest BCUT2D eigenvalue weighted by Crippen LogP contribution is 2.18. The standard InChI is InChI=1S/C11H11N5O5S2/c12-23(20,21)11-15-14-10(22-11)13-9(18)8(16-19)5-6-1-3-7(17)4-2-6/h1-4,17,19H,5H2,(H2,12,20,21)(H,13,14,18)/b16-8+. The van der Waals surface area contributed by atoms with Crippen molar-refractivity contribution >= 4 is 38.1 Å². The van der Waals surface area contributed by atoms with E-state index in [0.717, 1.165) is 0 Å². The summed E-state index contributed by atoms with van der Waals surface area (Å²) in [6.45, 7) is 0. The molecule has 1 aromatic heterocycles. The van der Waals surface area contributed by atoms with Crippen LogP contribution in [0.2, 0.25) is 0 Å². The quantitative estimate of drug-likeness (QED) is 0.251. The lowest BCUT2D eigenvalue weighted by molar-refractivity contribution is -0.110. The first-order valence-corrected chi connectivity index (χ1v) is 8.32. The predicted octanol–water partition coefficient (Wildman–Crippen LogP) is -0.0975. The van der Waals surface area contributed by atoms with E-state index in [1.165, 1.54) is 12.1 Å². The van der Waals surface area contributed by atoms with Crippen molar-refractivity contribution in [3.63, 3.8) is 0 Å². The van der Waals surface area contributed by atoms with Gasteiger partial charge in [0.05, 0.1) is 0 Å². The first-order valence-electron chi connectivity index (χ1n) is 5.96.